The van der Waals surface area contributed by atoms with Crippen molar-refractivity contribution < 1.29 is 22.7 Å². The number of aryl methyl sites for hydroxylation is 1. The minimum atomic E-state index is -4.86. The molecule has 0 bridgehead atoms. The molecule has 1 heterocycles. The summed E-state index contributed by atoms with van der Waals surface area (Å²) in [5.74, 6) is -1.28. The fourth-order valence-electron chi connectivity index (χ4n) is 1.76. The number of amides is 1. The standard InChI is InChI=1S/C12H13F3N2O2/c1-7-2-3-10-9(4-7)17-8(6-19-10)5-16-11(18)12(13,14)15/h2-4,8,17H,5-6H2,1H3,(H,16,18). The lowest BCUT2D eigenvalue weighted by atomic mass is 10.1. The number of hydrogen-bond donors (Lipinski definition) is 2. The lowest BCUT2D eigenvalue weighted by Crippen LogP contribution is -2.46. The second kappa shape index (κ2) is 4.99. The zero-order chi connectivity index (χ0) is 14.0. The molecule has 0 spiro atoms. The Morgan fingerprint density at radius 1 is 1.53 bits per heavy atom. The van der Waals surface area contributed by atoms with E-state index in [4.69, 9.17) is 4.74 Å². The lowest BCUT2D eigenvalue weighted by molar-refractivity contribution is -0.173. The largest absolute Gasteiger partial charge is 0.489 e. The minimum absolute atomic E-state index is 0.147. The van der Waals surface area contributed by atoms with Gasteiger partial charge in [0.2, 0.25) is 0 Å². The number of carbonyl (C=O) groups excluding carboxylic acids is 1. The molecule has 4 nitrogen and oxygen atoms in total. The van der Waals surface area contributed by atoms with Gasteiger partial charge in [0.05, 0.1) is 11.7 Å². The van der Waals surface area contributed by atoms with E-state index in [-0.39, 0.29) is 19.2 Å². The van der Waals surface area contributed by atoms with Crippen LogP contribution in [0.5, 0.6) is 5.75 Å². The molecule has 0 aliphatic carbocycles. The number of rotatable bonds is 2. The van der Waals surface area contributed by atoms with Crippen LogP contribution >= 0.6 is 0 Å². The molecule has 0 saturated heterocycles. The Kier molecular flexibility index (Phi) is 3.55. The Hall–Kier alpha value is -1.92. The second-order valence-corrected chi connectivity index (χ2v) is 4.36. The average Bonchev–Trinajstić information content (AvgIpc) is 2.34. The molecular weight excluding hydrogens is 261 g/mol. The number of nitrogens with one attached hydrogen (secondary N) is 2. The lowest BCUT2D eigenvalue weighted by Gasteiger charge is -2.28. The molecule has 2 N–H and O–H groups in total. The maximum absolute atomic E-state index is 12.0. The number of hydrogen-bond acceptors (Lipinski definition) is 3. The SMILES string of the molecule is Cc1ccc2c(c1)NC(CNC(=O)C(F)(F)F)CO2. The quantitative estimate of drug-likeness (QED) is 0.865. The van der Waals surface area contributed by atoms with Crippen molar-refractivity contribution in [3.8, 4) is 5.75 Å². The normalized spacial score (nSPS) is 18.0. The third-order valence-corrected chi connectivity index (χ3v) is 2.70. The maximum atomic E-state index is 12.0. The summed E-state index contributed by atoms with van der Waals surface area (Å²) in [5, 5.41) is 4.87. The van der Waals surface area contributed by atoms with Crippen molar-refractivity contribution >= 4 is 11.6 Å². The zero-order valence-corrected chi connectivity index (χ0v) is 10.2. The van der Waals surface area contributed by atoms with Crippen LogP contribution in [0.15, 0.2) is 18.2 Å². The molecule has 0 aromatic heterocycles. The topological polar surface area (TPSA) is 50.4 Å². The molecule has 0 fully saturated rings. The highest BCUT2D eigenvalue weighted by Crippen LogP contribution is 2.29. The van der Waals surface area contributed by atoms with Crippen molar-refractivity contribution in [1.82, 2.24) is 5.32 Å². The molecule has 1 aliphatic rings. The third-order valence-electron chi connectivity index (χ3n) is 2.70. The third kappa shape index (κ3) is 3.30. The average molecular weight is 274 g/mol. The van der Waals surface area contributed by atoms with Crippen LogP contribution in [0, 0.1) is 6.92 Å². The smallest absolute Gasteiger partial charge is 0.471 e. The first-order valence-electron chi connectivity index (χ1n) is 5.71. The summed E-state index contributed by atoms with van der Waals surface area (Å²) in [6.45, 7) is 1.96. The van der Waals surface area contributed by atoms with Crippen molar-refractivity contribution in [2.24, 2.45) is 0 Å². The highest BCUT2D eigenvalue weighted by Gasteiger charge is 2.38. The summed E-state index contributed by atoms with van der Waals surface area (Å²) in [5.41, 5.74) is 1.73. The molecule has 19 heavy (non-hydrogen) atoms. The highest BCUT2D eigenvalue weighted by molar-refractivity contribution is 5.81. The van der Waals surface area contributed by atoms with Gasteiger partial charge in [-0.05, 0) is 24.6 Å². The van der Waals surface area contributed by atoms with Crippen LogP contribution in [-0.4, -0.2) is 31.3 Å². The van der Waals surface area contributed by atoms with Gasteiger partial charge in [0, 0.05) is 6.54 Å². The Morgan fingerprint density at radius 2 is 2.26 bits per heavy atom. The van der Waals surface area contributed by atoms with Crippen LogP contribution < -0.4 is 15.4 Å². The summed E-state index contributed by atoms with van der Waals surface area (Å²) in [6.07, 6.45) is -4.86. The van der Waals surface area contributed by atoms with Gasteiger partial charge < -0.3 is 15.4 Å². The van der Waals surface area contributed by atoms with E-state index in [1.807, 2.05) is 24.4 Å². The molecule has 1 amide bonds. The van der Waals surface area contributed by atoms with E-state index in [2.05, 4.69) is 5.32 Å². The molecule has 2 rings (SSSR count). The fraction of sp³-hybridized carbons (Fsp3) is 0.417. The van der Waals surface area contributed by atoms with Gasteiger partial charge in [0.15, 0.2) is 0 Å². The van der Waals surface area contributed by atoms with Crippen LogP contribution in [0.25, 0.3) is 0 Å². The first kappa shape index (κ1) is 13.5. The predicted molar refractivity (Wildman–Crippen MR) is 63.1 cm³/mol. The van der Waals surface area contributed by atoms with E-state index in [1.54, 1.807) is 6.07 Å². The Balaban J connectivity index is 1.93. The van der Waals surface area contributed by atoms with Crippen LogP contribution in [0.3, 0.4) is 0 Å². The van der Waals surface area contributed by atoms with E-state index in [1.165, 1.54) is 0 Å². The Labute approximate surface area is 107 Å². The molecule has 1 aromatic carbocycles. The van der Waals surface area contributed by atoms with Crippen molar-refractivity contribution in [3.63, 3.8) is 0 Å². The first-order valence-corrected chi connectivity index (χ1v) is 5.71. The van der Waals surface area contributed by atoms with Gasteiger partial charge in [-0.2, -0.15) is 13.2 Å². The van der Waals surface area contributed by atoms with E-state index in [0.29, 0.717) is 5.75 Å². The van der Waals surface area contributed by atoms with Crippen LogP contribution in [-0.2, 0) is 4.79 Å². The zero-order valence-electron chi connectivity index (χ0n) is 10.2. The van der Waals surface area contributed by atoms with E-state index in [9.17, 15) is 18.0 Å². The molecule has 1 aromatic rings. The molecular formula is C12H13F3N2O2. The van der Waals surface area contributed by atoms with Crippen molar-refractivity contribution in [2.75, 3.05) is 18.5 Å². The number of benzene rings is 1. The minimum Gasteiger partial charge on any atom is -0.489 e. The van der Waals surface area contributed by atoms with Crippen molar-refractivity contribution in [2.45, 2.75) is 19.1 Å². The van der Waals surface area contributed by atoms with Crippen molar-refractivity contribution in [1.29, 1.82) is 0 Å². The Bertz CT molecular complexity index is 488. The molecule has 104 valence electrons. The summed E-state index contributed by atoms with van der Waals surface area (Å²) in [6, 6.07) is 5.13. The van der Waals surface area contributed by atoms with Gasteiger partial charge in [-0.25, -0.2) is 0 Å². The number of fused-ring (bicyclic) bond motifs is 1. The number of alkyl halides is 3. The van der Waals surface area contributed by atoms with Gasteiger partial charge in [-0.15, -0.1) is 0 Å². The predicted octanol–water partition coefficient (Wildman–Crippen LogP) is 1.85. The second-order valence-electron chi connectivity index (χ2n) is 4.36. The Morgan fingerprint density at radius 3 is 2.95 bits per heavy atom. The van der Waals surface area contributed by atoms with E-state index < -0.39 is 12.1 Å². The number of anilines is 1. The van der Waals surface area contributed by atoms with Gasteiger partial charge >= 0.3 is 12.1 Å². The molecule has 7 heteroatoms. The summed E-state index contributed by atoms with van der Waals surface area (Å²) in [7, 11) is 0. The maximum Gasteiger partial charge on any atom is 0.471 e. The monoisotopic (exact) mass is 274 g/mol. The summed E-state index contributed by atoms with van der Waals surface area (Å²) in [4.78, 5) is 10.7. The van der Waals surface area contributed by atoms with Gasteiger partial charge in [0.25, 0.3) is 0 Å². The number of ether oxygens (including phenoxy) is 1. The highest BCUT2D eigenvalue weighted by atomic mass is 19.4. The molecule has 1 atom stereocenters. The van der Waals surface area contributed by atoms with E-state index >= 15 is 0 Å². The van der Waals surface area contributed by atoms with Crippen LogP contribution in [0.2, 0.25) is 0 Å². The molecule has 0 radical (unpaired) electrons. The molecule has 1 unspecified atom stereocenters. The fourth-order valence-corrected chi connectivity index (χ4v) is 1.76. The summed E-state index contributed by atoms with van der Waals surface area (Å²) < 4.78 is 41.5. The summed E-state index contributed by atoms with van der Waals surface area (Å²) >= 11 is 0. The van der Waals surface area contributed by atoms with Crippen LogP contribution in [0.4, 0.5) is 18.9 Å². The molecule has 0 saturated carbocycles. The number of halogens is 3. The van der Waals surface area contributed by atoms with Gasteiger partial charge in [0.1, 0.15) is 12.4 Å². The molecule has 1 aliphatic heterocycles. The van der Waals surface area contributed by atoms with Gasteiger partial charge in [-0.3, -0.25) is 4.79 Å². The van der Waals surface area contributed by atoms with Crippen LogP contribution in [0.1, 0.15) is 5.56 Å². The van der Waals surface area contributed by atoms with E-state index in [0.717, 1.165) is 11.3 Å². The first-order chi connectivity index (χ1) is 8.86. The number of carbonyl (C=O) groups is 1. The van der Waals surface area contributed by atoms with Gasteiger partial charge in [-0.1, -0.05) is 6.07 Å². The van der Waals surface area contributed by atoms with Crippen molar-refractivity contribution in [3.05, 3.63) is 23.8 Å².